The van der Waals surface area contributed by atoms with Gasteiger partial charge < -0.3 is 10.6 Å². The first-order valence-electron chi connectivity index (χ1n) is 6.22. The van der Waals surface area contributed by atoms with Crippen LogP contribution in [0, 0.1) is 6.92 Å². The van der Waals surface area contributed by atoms with Crippen LogP contribution in [0.2, 0.25) is 0 Å². The number of hydrogen-bond acceptors (Lipinski definition) is 3. The van der Waals surface area contributed by atoms with Gasteiger partial charge in [0, 0.05) is 29.8 Å². The molecular weight excluding hydrogens is 238 g/mol. The number of aryl methyl sites for hydroxylation is 1. The summed E-state index contributed by atoms with van der Waals surface area (Å²) in [7, 11) is 0. The van der Waals surface area contributed by atoms with E-state index >= 15 is 0 Å². The van der Waals surface area contributed by atoms with Crippen LogP contribution in [0.1, 0.15) is 23.0 Å². The van der Waals surface area contributed by atoms with E-state index in [1.54, 1.807) is 17.2 Å². The Morgan fingerprint density at radius 3 is 2.58 bits per heavy atom. The number of para-hydroxylation sites is 1. The predicted octanol–water partition coefficient (Wildman–Crippen LogP) is 2.64. The number of pyridine rings is 1. The summed E-state index contributed by atoms with van der Waals surface area (Å²) in [6, 6.07) is 11.2. The van der Waals surface area contributed by atoms with Crippen molar-refractivity contribution in [1.82, 2.24) is 4.98 Å². The lowest BCUT2D eigenvalue weighted by atomic mass is 10.1. The highest BCUT2D eigenvalue weighted by Crippen LogP contribution is 2.19. The molecule has 0 aliphatic carbocycles. The summed E-state index contributed by atoms with van der Waals surface area (Å²) in [6.07, 6.45) is 1.54. The molecule has 0 radical (unpaired) electrons. The lowest BCUT2D eigenvalue weighted by Gasteiger charge is -2.21. The Morgan fingerprint density at radius 1 is 1.32 bits per heavy atom. The van der Waals surface area contributed by atoms with Crippen LogP contribution in [-0.2, 0) is 0 Å². The minimum absolute atomic E-state index is 0.126. The van der Waals surface area contributed by atoms with Gasteiger partial charge in [-0.2, -0.15) is 0 Å². The number of carbonyl (C=O) groups excluding carboxylic acids is 1. The normalized spacial score (nSPS) is 10.2. The second kappa shape index (κ2) is 5.52. The number of nitrogens with two attached hydrogens (primary N) is 1. The first-order chi connectivity index (χ1) is 9.13. The van der Waals surface area contributed by atoms with Crippen molar-refractivity contribution in [3.05, 3.63) is 53.9 Å². The summed E-state index contributed by atoms with van der Waals surface area (Å²) in [6.45, 7) is 4.36. The number of benzene rings is 1. The van der Waals surface area contributed by atoms with Gasteiger partial charge in [-0.1, -0.05) is 18.2 Å². The molecule has 19 heavy (non-hydrogen) atoms. The minimum Gasteiger partial charge on any atom is -0.398 e. The highest BCUT2D eigenvalue weighted by molar-refractivity contribution is 6.09. The smallest absolute Gasteiger partial charge is 0.261 e. The lowest BCUT2D eigenvalue weighted by Crippen LogP contribution is -2.31. The van der Waals surface area contributed by atoms with Gasteiger partial charge in [-0.05, 0) is 32.0 Å². The van der Waals surface area contributed by atoms with Crippen molar-refractivity contribution in [3.63, 3.8) is 0 Å². The fraction of sp³-hybridized carbons (Fsp3) is 0.200. The Bertz CT molecular complexity index is 581. The predicted molar refractivity (Wildman–Crippen MR) is 77.2 cm³/mol. The van der Waals surface area contributed by atoms with E-state index in [-0.39, 0.29) is 5.91 Å². The van der Waals surface area contributed by atoms with Crippen molar-refractivity contribution in [2.24, 2.45) is 0 Å². The molecule has 0 fully saturated rings. The quantitative estimate of drug-likeness (QED) is 0.917. The Balaban J connectivity index is 2.36. The highest BCUT2D eigenvalue weighted by atomic mass is 16.2. The third kappa shape index (κ3) is 2.73. The molecule has 0 saturated carbocycles. The zero-order chi connectivity index (χ0) is 13.8. The molecule has 2 N–H and O–H groups in total. The summed E-state index contributed by atoms with van der Waals surface area (Å²) in [5.74, 6) is -0.126. The van der Waals surface area contributed by atoms with Crippen molar-refractivity contribution < 1.29 is 4.79 Å². The first-order valence-corrected chi connectivity index (χ1v) is 6.22. The first kappa shape index (κ1) is 13.1. The van der Waals surface area contributed by atoms with E-state index in [1.165, 1.54) is 0 Å². The number of amides is 1. The third-order valence-corrected chi connectivity index (χ3v) is 2.93. The zero-order valence-corrected chi connectivity index (χ0v) is 11.1. The molecule has 1 amide bonds. The van der Waals surface area contributed by atoms with E-state index in [4.69, 9.17) is 5.73 Å². The van der Waals surface area contributed by atoms with Crippen molar-refractivity contribution >= 4 is 17.3 Å². The Labute approximate surface area is 112 Å². The van der Waals surface area contributed by atoms with Gasteiger partial charge in [0.05, 0.1) is 5.56 Å². The SMILES string of the molecule is CCN(C(=O)c1cnc(C)cc1N)c1ccccc1. The van der Waals surface area contributed by atoms with Crippen LogP contribution >= 0.6 is 0 Å². The summed E-state index contributed by atoms with van der Waals surface area (Å²) in [5.41, 5.74) is 8.47. The lowest BCUT2D eigenvalue weighted by molar-refractivity contribution is 0.0989. The molecular formula is C15H17N3O. The molecule has 2 aromatic rings. The molecule has 2 rings (SSSR count). The number of rotatable bonds is 3. The van der Waals surface area contributed by atoms with E-state index in [9.17, 15) is 4.79 Å². The summed E-state index contributed by atoms with van der Waals surface area (Å²) < 4.78 is 0. The van der Waals surface area contributed by atoms with Crippen molar-refractivity contribution in [2.75, 3.05) is 17.2 Å². The van der Waals surface area contributed by atoms with Crippen molar-refractivity contribution in [3.8, 4) is 0 Å². The Kier molecular flexibility index (Phi) is 3.80. The van der Waals surface area contributed by atoms with Crippen molar-refractivity contribution in [1.29, 1.82) is 0 Å². The van der Waals surface area contributed by atoms with Crippen LogP contribution in [0.5, 0.6) is 0 Å². The van der Waals surface area contributed by atoms with Crippen LogP contribution in [0.4, 0.5) is 11.4 Å². The monoisotopic (exact) mass is 255 g/mol. The number of aromatic nitrogens is 1. The van der Waals surface area contributed by atoms with Gasteiger partial charge in [0.25, 0.3) is 5.91 Å². The summed E-state index contributed by atoms with van der Waals surface area (Å²) in [4.78, 5) is 18.3. The van der Waals surface area contributed by atoms with Crippen LogP contribution in [0.25, 0.3) is 0 Å². The van der Waals surface area contributed by atoms with Gasteiger partial charge >= 0.3 is 0 Å². The number of nitrogen functional groups attached to an aromatic ring is 1. The van der Waals surface area contributed by atoms with Crippen LogP contribution < -0.4 is 10.6 Å². The van der Waals surface area contributed by atoms with Gasteiger partial charge in [0.1, 0.15) is 0 Å². The largest absolute Gasteiger partial charge is 0.398 e. The topological polar surface area (TPSA) is 59.2 Å². The summed E-state index contributed by atoms with van der Waals surface area (Å²) in [5, 5.41) is 0. The average molecular weight is 255 g/mol. The van der Waals surface area contributed by atoms with Gasteiger partial charge in [0.15, 0.2) is 0 Å². The number of carbonyl (C=O) groups is 1. The molecule has 0 bridgehead atoms. The Morgan fingerprint density at radius 2 is 2.00 bits per heavy atom. The second-order valence-electron chi connectivity index (χ2n) is 4.30. The van der Waals surface area contributed by atoms with Crippen LogP contribution in [0.3, 0.4) is 0 Å². The van der Waals surface area contributed by atoms with Gasteiger partial charge in [-0.25, -0.2) is 0 Å². The highest BCUT2D eigenvalue weighted by Gasteiger charge is 2.18. The number of hydrogen-bond donors (Lipinski definition) is 1. The minimum atomic E-state index is -0.126. The van der Waals surface area contributed by atoms with E-state index < -0.39 is 0 Å². The average Bonchev–Trinajstić information content (AvgIpc) is 2.40. The molecule has 0 aliphatic rings. The zero-order valence-electron chi connectivity index (χ0n) is 11.1. The number of anilines is 2. The van der Waals surface area contributed by atoms with E-state index in [0.717, 1.165) is 11.4 Å². The maximum absolute atomic E-state index is 12.5. The molecule has 0 spiro atoms. The fourth-order valence-electron chi connectivity index (χ4n) is 1.96. The molecule has 0 atom stereocenters. The maximum Gasteiger partial charge on any atom is 0.261 e. The summed E-state index contributed by atoms with van der Waals surface area (Å²) >= 11 is 0. The van der Waals surface area contributed by atoms with Gasteiger partial charge in [-0.3, -0.25) is 9.78 Å². The molecule has 4 nitrogen and oxygen atoms in total. The third-order valence-electron chi connectivity index (χ3n) is 2.93. The van der Waals surface area contributed by atoms with E-state index in [1.807, 2.05) is 44.2 Å². The molecule has 0 aliphatic heterocycles. The van der Waals surface area contributed by atoms with Crippen LogP contribution in [-0.4, -0.2) is 17.4 Å². The molecule has 1 aromatic carbocycles. The number of nitrogens with zero attached hydrogens (tertiary/aromatic N) is 2. The molecule has 98 valence electrons. The standard InChI is InChI=1S/C15H17N3O/c1-3-18(12-7-5-4-6-8-12)15(19)13-10-17-11(2)9-14(13)16/h4-10H,3H2,1-2H3,(H2,16,17). The molecule has 1 aromatic heterocycles. The molecule has 0 unspecified atom stereocenters. The maximum atomic E-state index is 12.5. The fourth-order valence-corrected chi connectivity index (χ4v) is 1.96. The van der Waals surface area contributed by atoms with Gasteiger partial charge in [-0.15, -0.1) is 0 Å². The van der Waals surface area contributed by atoms with Crippen molar-refractivity contribution in [2.45, 2.75) is 13.8 Å². The van der Waals surface area contributed by atoms with Gasteiger partial charge in [0.2, 0.25) is 0 Å². The molecule has 0 saturated heterocycles. The molecule has 4 heteroatoms. The molecule has 1 heterocycles. The van der Waals surface area contributed by atoms with E-state index in [0.29, 0.717) is 17.8 Å². The Hall–Kier alpha value is -2.36. The second-order valence-corrected chi connectivity index (χ2v) is 4.30. The van der Waals surface area contributed by atoms with E-state index in [2.05, 4.69) is 4.98 Å². The van der Waals surface area contributed by atoms with Crippen LogP contribution in [0.15, 0.2) is 42.6 Å².